The number of hydrogen-bond donors (Lipinski definition) is 2. The first-order valence-electron chi connectivity index (χ1n) is 5.91. The third kappa shape index (κ3) is 2.48. The van der Waals surface area contributed by atoms with Gasteiger partial charge in [0.15, 0.2) is 5.13 Å². The first-order valence-corrected chi connectivity index (χ1v) is 7.88. The Morgan fingerprint density at radius 3 is 3.24 bits per heavy atom. The van der Waals surface area contributed by atoms with Gasteiger partial charge in [0.25, 0.3) is 0 Å². The molecule has 4 nitrogen and oxygen atoms in total. The number of thiazole rings is 1. The van der Waals surface area contributed by atoms with Crippen LogP contribution in [-0.2, 0) is 17.8 Å². The largest absolute Gasteiger partial charge is 0.311 e. The van der Waals surface area contributed by atoms with Crippen molar-refractivity contribution in [1.82, 2.24) is 10.3 Å². The SMILES string of the molecule is O=C(Nc1nc2c(s1)CNCC2)C1CCSC1. The molecule has 17 heavy (non-hydrogen) atoms. The molecule has 2 aliphatic rings. The minimum atomic E-state index is 0.147. The summed E-state index contributed by atoms with van der Waals surface area (Å²) in [5, 5.41) is 7.06. The summed E-state index contributed by atoms with van der Waals surface area (Å²) in [7, 11) is 0. The molecule has 6 heteroatoms. The molecule has 1 unspecified atom stereocenters. The van der Waals surface area contributed by atoms with Gasteiger partial charge in [-0.1, -0.05) is 0 Å². The average Bonchev–Trinajstić information content (AvgIpc) is 2.97. The molecule has 1 saturated heterocycles. The Bertz CT molecular complexity index is 403. The van der Waals surface area contributed by atoms with Gasteiger partial charge in [-0.05, 0) is 12.2 Å². The molecule has 1 atom stereocenters. The smallest absolute Gasteiger partial charge is 0.230 e. The molecule has 0 radical (unpaired) electrons. The van der Waals surface area contributed by atoms with Gasteiger partial charge in [-0.3, -0.25) is 4.79 Å². The normalized spacial score (nSPS) is 23.4. The summed E-state index contributed by atoms with van der Waals surface area (Å²) in [6, 6.07) is 0. The number of rotatable bonds is 2. The van der Waals surface area contributed by atoms with E-state index in [1.807, 2.05) is 11.8 Å². The van der Waals surface area contributed by atoms with Crippen molar-refractivity contribution in [3.8, 4) is 0 Å². The fraction of sp³-hybridized carbons (Fsp3) is 0.636. The van der Waals surface area contributed by atoms with Crippen molar-refractivity contribution in [3.63, 3.8) is 0 Å². The van der Waals surface area contributed by atoms with Crippen LogP contribution in [0.3, 0.4) is 0 Å². The standard InChI is InChI=1S/C11H15N3OS2/c15-10(7-2-4-16-6-7)14-11-13-8-1-3-12-5-9(8)17-11/h7,12H,1-6H2,(H,13,14,15). The van der Waals surface area contributed by atoms with Gasteiger partial charge in [-0.15, -0.1) is 11.3 Å². The summed E-state index contributed by atoms with van der Waals surface area (Å²) in [5.41, 5.74) is 1.16. The lowest BCUT2D eigenvalue weighted by molar-refractivity contribution is -0.119. The van der Waals surface area contributed by atoms with Crippen LogP contribution in [0.15, 0.2) is 0 Å². The summed E-state index contributed by atoms with van der Waals surface area (Å²) < 4.78 is 0. The van der Waals surface area contributed by atoms with Gasteiger partial charge >= 0.3 is 0 Å². The van der Waals surface area contributed by atoms with Crippen LogP contribution in [0.1, 0.15) is 17.0 Å². The highest BCUT2D eigenvalue weighted by atomic mass is 32.2. The summed E-state index contributed by atoms with van der Waals surface area (Å²) in [6.07, 6.45) is 1.98. The first-order chi connectivity index (χ1) is 8.33. The number of amides is 1. The van der Waals surface area contributed by atoms with Crippen molar-refractivity contribution >= 4 is 34.1 Å². The quantitative estimate of drug-likeness (QED) is 0.854. The summed E-state index contributed by atoms with van der Waals surface area (Å²) in [4.78, 5) is 17.7. The molecule has 0 aliphatic carbocycles. The Labute approximate surface area is 109 Å². The zero-order chi connectivity index (χ0) is 11.7. The van der Waals surface area contributed by atoms with E-state index in [1.165, 1.54) is 4.88 Å². The molecule has 1 aromatic rings. The van der Waals surface area contributed by atoms with Crippen LogP contribution in [0.5, 0.6) is 0 Å². The number of aromatic nitrogens is 1. The number of carbonyl (C=O) groups excluding carboxylic acids is 1. The average molecular weight is 269 g/mol. The highest BCUT2D eigenvalue weighted by Gasteiger charge is 2.24. The second-order valence-electron chi connectivity index (χ2n) is 4.37. The molecule has 2 aliphatic heterocycles. The zero-order valence-corrected chi connectivity index (χ0v) is 11.1. The van der Waals surface area contributed by atoms with Gasteiger partial charge in [0.05, 0.1) is 5.69 Å². The number of anilines is 1. The third-order valence-electron chi connectivity index (χ3n) is 3.13. The Hall–Kier alpha value is -0.590. The molecular weight excluding hydrogens is 254 g/mol. The fourth-order valence-corrected chi connectivity index (χ4v) is 4.33. The van der Waals surface area contributed by atoms with Crippen molar-refractivity contribution in [1.29, 1.82) is 0 Å². The van der Waals surface area contributed by atoms with Gasteiger partial charge in [0.2, 0.25) is 5.91 Å². The zero-order valence-electron chi connectivity index (χ0n) is 9.49. The Morgan fingerprint density at radius 2 is 2.47 bits per heavy atom. The number of hydrogen-bond acceptors (Lipinski definition) is 5. The number of thioether (sulfide) groups is 1. The highest BCUT2D eigenvalue weighted by Crippen LogP contribution is 2.28. The molecule has 0 bridgehead atoms. The summed E-state index contributed by atoms with van der Waals surface area (Å²) in [5.74, 6) is 2.39. The minimum Gasteiger partial charge on any atom is -0.311 e. The van der Waals surface area contributed by atoms with E-state index in [0.29, 0.717) is 0 Å². The lowest BCUT2D eigenvalue weighted by Gasteiger charge is -2.09. The van der Waals surface area contributed by atoms with Crippen molar-refractivity contribution in [2.45, 2.75) is 19.4 Å². The van der Waals surface area contributed by atoms with E-state index in [2.05, 4.69) is 15.6 Å². The van der Waals surface area contributed by atoms with Gasteiger partial charge in [0.1, 0.15) is 0 Å². The molecule has 3 heterocycles. The van der Waals surface area contributed by atoms with Crippen molar-refractivity contribution in [2.24, 2.45) is 5.92 Å². The second-order valence-corrected chi connectivity index (χ2v) is 6.60. The molecule has 3 rings (SSSR count). The summed E-state index contributed by atoms with van der Waals surface area (Å²) in [6.45, 7) is 1.88. The molecule has 1 amide bonds. The number of carbonyl (C=O) groups is 1. The number of nitrogens with zero attached hydrogens (tertiary/aromatic N) is 1. The highest BCUT2D eigenvalue weighted by molar-refractivity contribution is 7.99. The molecule has 2 N–H and O–H groups in total. The van der Waals surface area contributed by atoms with E-state index < -0.39 is 0 Å². The molecule has 1 fully saturated rings. The van der Waals surface area contributed by atoms with E-state index >= 15 is 0 Å². The maximum Gasteiger partial charge on any atom is 0.230 e. The minimum absolute atomic E-state index is 0.147. The Kier molecular flexibility index (Phi) is 3.35. The predicted octanol–water partition coefficient (Wildman–Crippen LogP) is 1.48. The maximum absolute atomic E-state index is 12.0. The van der Waals surface area contributed by atoms with E-state index in [4.69, 9.17) is 0 Å². The van der Waals surface area contributed by atoms with Crippen molar-refractivity contribution in [3.05, 3.63) is 10.6 Å². The van der Waals surface area contributed by atoms with Gasteiger partial charge in [-0.25, -0.2) is 4.98 Å². The lowest BCUT2D eigenvalue weighted by atomic mass is 10.1. The Balaban J connectivity index is 1.68. The number of fused-ring (bicyclic) bond motifs is 1. The number of nitrogens with one attached hydrogen (secondary N) is 2. The van der Waals surface area contributed by atoms with E-state index in [9.17, 15) is 4.79 Å². The van der Waals surface area contributed by atoms with E-state index in [-0.39, 0.29) is 11.8 Å². The first kappa shape index (κ1) is 11.5. The van der Waals surface area contributed by atoms with Crippen molar-refractivity contribution in [2.75, 3.05) is 23.4 Å². The van der Waals surface area contributed by atoms with E-state index in [0.717, 1.165) is 48.3 Å². The van der Waals surface area contributed by atoms with Crippen LogP contribution >= 0.6 is 23.1 Å². The maximum atomic E-state index is 12.0. The summed E-state index contributed by atoms with van der Waals surface area (Å²) >= 11 is 3.47. The van der Waals surface area contributed by atoms with Gasteiger partial charge in [0, 0.05) is 36.1 Å². The van der Waals surface area contributed by atoms with E-state index in [1.54, 1.807) is 11.3 Å². The Morgan fingerprint density at radius 1 is 1.53 bits per heavy atom. The van der Waals surface area contributed by atoms with Crippen LogP contribution in [0.2, 0.25) is 0 Å². The molecule has 92 valence electrons. The van der Waals surface area contributed by atoms with Crippen molar-refractivity contribution < 1.29 is 4.79 Å². The predicted molar refractivity (Wildman–Crippen MR) is 71.6 cm³/mol. The van der Waals surface area contributed by atoms with Crippen LogP contribution in [-0.4, -0.2) is 28.9 Å². The van der Waals surface area contributed by atoms with Crippen LogP contribution in [0.4, 0.5) is 5.13 Å². The molecule has 0 spiro atoms. The topological polar surface area (TPSA) is 54.0 Å². The molecule has 1 aromatic heterocycles. The van der Waals surface area contributed by atoms with Crippen LogP contribution in [0.25, 0.3) is 0 Å². The van der Waals surface area contributed by atoms with Crippen LogP contribution < -0.4 is 10.6 Å². The monoisotopic (exact) mass is 269 g/mol. The molecule has 0 saturated carbocycles. The molecule has 0 aromatic carbocycles. The lowest BCUT2D eigenvalue weighted by Crippen LogP contribution is -2.22. The van der Waals surface area contributed by atoms with Crippen LogP contribution in [0, 0.1) is 5.92 Å². The third-order valence-corrected chi connectivity index (χ3v) is 5.31. The van der Waals surface area contributed by atoms with Gasteiger partial charge in [-0.2, -0.15) is 11.8 Å². The molecular formula is C11H15N3OS2. The fourth-order valence-electron chi connectivity index (χ4n) is 2.13. The second kappa shape index (κ2) is 4.96. The van der Waals surface area contributed by atoms with Gasteiger partial charge < -0.3 is 10.6 Å².